The molecule has 0 radical (unpaired) electrons. The number of hydrogen-bond acceptors (Lipinski definition) is 3. The number of carbonyl (C=O) groups is 2. The number of amides is 1. The Morgan fingerprint density at radius 2 is 2.00 bits per heavy atom. The number of ether oxygens (including phenoxy) is 1. The van der Waals surface area contributed by atoms with E-state index in [1.165, 1.54) is 0 Å². The highest BCUT2D eigenvalue weighted by Crippen LogP contribution is 2.36. The van der Waals surface area contributed by atoms with E-state index in [0.29, 0.717) is 12.8 Å². The van der Waals surface area contributed by atoms with Gasteiger partial charge in [0.15, 0.2) is 0 Å². The number of Topliss-reactive ketones (excluding diaryl/α,β-unsaturated/α-hetero) is 1. The Balaban J connectivity index is 2.58. The molecule has 1 saturated carbocycles. The van der Waals surface area contributed by atoms with Crippen molar-refractivity contribution in [3.63, 3.8) is 0 Å². The van der Waals surface area contributed by atoms with Crippen LogP contribution in [0.5, 0.6) is 0 Å². The highest BCUT2D eigenvalue weighted by atomic mass is 16.6. The second kappa shape index (κ2) is 4.06. The van der Waals surface area contributed by atoms with Crippen LogP contribution in [0.25, 0.3) is 5.53 Å². The number of alkyl carbamates (subject to hydrolysis) is 1. The Bertz CT molecular complexity index is 360. The Hall–Kier alpha value is -1.68. The van der Waals surface area contributed by atoms with Gasteiger partial charge in [0.05, 0.1) is 0 Å². The first-order chi connectivity index (χ1) is 7.29. The van der Waals surface area contributed by atoms with E-state index < -0.39 is 23.0 Å². The van der Waals surface area contributed by atoms with E-state index in [-0.39, 0.29) is 0 Å². The van der Waals surface area contributed by atoms with Crippen LogP contribution in [-0.2, 0) is 9.53 Å². The van der Waals surface area contributed by atoms with E-state index in [1.807, 2.05) is 0 Å². The number of hydrogen-bond donors (Lipinski definition) is 1. The lowest BCUT2D eigenvalue weighted by Gasteiger charge is -2.21. The molecule has 0 heterocycles. The molecule has 1 aliphatic rings. The van der Waals surface area contributed by atoms with Crippen molar-refractivity contribution in [2.75, 3.05) is 0 Å². The Kier molecular flexibility index (Phi) is 3.14. The first kappa shape index (κ1) is 12.4. The van der Waals surface area contributed by atoms with Crippen LogP contribution >= 0.6 is 0 Å². The molecule has 0 aromatic carbocycles. The third kappa shape index (κ3) is 3.17. The normalized spacial score (nSPS) is 16.9. The van der Waals surface area contributed by atoms with Crippen LogP contribution in [0, 0.1) is 0 Å². The van der Waals surface area contributed by atoms with Crippen LogP contribution in [0.15, 0.2) is 0 Å². The third-order valence-corrected chi connectivity index (χ3v) is 2.14. The zero-order valence-corrected chi connectivity index (χ0v) is 9.61. The maximum atomic E-state index is 11.4. The molecule has 16 heavy (non-hydrogen) atoms. The second-order valence-corrected chi connectivity index (χ2v) is 4.82. The molecule has 0 aromatic heterocycles. The summed E-state index contributed by atoms with van der Waals surface area (Å²) in [6.07, 6.45) is 1.24. The molecule has 0 spiro atoms. The predicted molar refractivity (Wildman–Crippen MR) is 56.0 cm³/mol. The molecular formula is C10H15N3O3. The topological polar surface area (TPSA) is 91.8 Å². The van der Waals surface area contributed by atoms with E-state index in [9.17, 15) is 9.59 Å². The molecule has 6 nitrogen and oxygen atoms in total. The van der Waals surface area contributed by atoms with E-state index in [0.717, 1.165) is 6.21 Å². The average molecular weight is 225 g/mol. The van der Waals surface area contributed by atoms with Gasteiger partial charge >= 0.3 is 12.3 Å². The Labute approximate surface area is 93.6 Å². The summed E-state index contributed by atoms with van der Waals surface area (Å²) in [6.45, 7) is 5.22. The van der Waals surface area contributed by atoms with Crippen LogP contribution in [0.3, 0.4) is 0 Å². The van der Waals surface area contributed by atoms with Gasteiger partial charge in [-0.25, -0.2) is 4.79 Å². The van der Waals surface area contributed by atoms with Crippen molar-refractivity contribution in [1.82, 2.24) is 5.32 Å². The smallest absolute Gasteiger partial charge is 0.408 e. The molecule has 1 amide bonds. The SMILES string of the molecule is CC(C)(C)OC(=O)NC1(C(=O)C=[N+]=[N-])CC1. The molecule has 0 bridgehead atoms. The number of nitrogens with one attached hydrogen (secondary N) is 1. The highest BCUT2D eigenvalue weighted by Gasteiger charge is 2.52. The monoisotopic (exact) mass is 225 g/mol. The molecule has 0 unspecified atom stereocenters. The molecule has 0 saturated heterocycles. The van der Waals surface area contributed by atoms with Crippen molar-refractivity contribution in [2.45, 2.75) is 44.8 Å². The van der Waals surface area contributed by atoms with Crippen molar-refractivity contribution in [1.29, 1.82) is 0 Å². The minimum Gasteiger partial charge on any atom is -0.444 e. The molecular weight excluding hydrogens is 210 g/mol. The fourth-order valence-corrected chi connectivity index (χ4v) is 1.23. The summed E-state index contributed by atoms with van der Waals surface area (Å²) >= 11 is 0. The van der Waals surface area contributed by atoms with Gasteiger partial charge in [0.1, 0.15) is 11.1 Å². The van der Waals surface area contributed by atoms with Crippen LogP contribution in [0.1, 0.15) is 33.6 Å². The molecule has 0 aromatic rings. The van der Waals surface area contributed by atoms with Crippen molar-refractivity contribution in [2.24, 2.45) is 0 Å². The van der Waals surface area contributed by atoms with Crippen LogP contribution < -0.4 is 5.32 Å². The standard InChI is InChI=1S/C10H15N3O3/c1-9(2,3)16-8(15)13-10(4-5-10)7(14)6-12-11/h6H,4-5H2,1-3H3,(H,13,15). The lowest BCUT2D eigenvalue weighted by Crippen LogP contribution is -2.46. The second-order valence-electron chi connectivity index (χ2n) is 4.82. The van der Waals surface area contributed by atoms with E-state index in [4.69, 9.17) is 10.3 Å². The van der Waals surface area contributed by atoms with Gasteiger partial charge in [0, 0.05) is 0 Å². The van der Waals surface area contributed by atoms with E-state index in [2.05, 4.69) is 10.1 Å². The highest BCUT2D eigenvalue weighted by molar-refractivity contribution is 6.31. The number of nitrogens with zero attached hydrogens (tertiary/aromatic N) is 2. The van der Waals surface area contributed by atoms with E-state index in [1.54, 1.807) is 20.8 Å². The fraction of sp³-hybridized carbons (Fsp3) is 0.700. The predicted octanol–water partition coefficient (Wildman–Crippen LogP) is 0.913. The Morgan fingerprint density at radius 3 is 2.38 bits per heavy atom. The minimum absolute atomic E-state index is 0.416. The molecule has 88 valence electrons. The molecule has 0 aliphatic heterocycles. The molecule has 1 fully saturated rings. The summed E-state index contributed by atoms with van der Waals surface area (Å²) in [5.74, 6) is -0.416. The Morgan fingerprint density at radius 1 is 1.44 bits per heavy atom. The van der Waals surface area contributed by atoms with Crippen molar-refractivity contribution < 1.29 is 19.1 Å². The average Bonchev–Trinajstić information content (AvgIpc) is 2.82. The van der Waals surface area contributed by atoms with Crippen molar-refractivity contribution in [3.05, 3.63) is 5.53 Å². The molecule has 1 rings (SSSR count). The molecule has 1 aliphatic carbocycles. The fourth-order valence-electron chi connectivity index (χ4n) is 1.23. The number of carbonyl (C=O) groups excluding carboxylic acids is 2. The van der Waals surface area contributed by atoms with Gasteiger partial charge in [-0.05, 0) is 33.6 Å². The van der Waals surface area contributed by atoms with Gasteiger partial charge in [-0.1, -0.05) is 0 Å². The molecule has 1 N–H and O–H groups in total. The zero-order chi connectivity index (χ0) is 12.4. The van der Waals surface area contributed by atoms with Crippen molar-refractivity contribution in [3.8, 4) is 0 Å². The first-order valence-corrected chi connectivity index (χ1v) is 5.02. The van der Waals surface area contributed by atoms with Crippen LogP contribution in [0.4, 0.5) is 4.79 Å². The lowest BCUT2D eigenvalue weighted by atomic mass is 10.2. The number of rotatable bonds is 3. The summed E-state index contributed by atoms with van der Waals surface area (Å²) in [7, 11) is 0. The zero-order valence-electron chi connectivity index (χ0n) is 9.61. The quantitative estimate of drug-likeness (QED) is 0.439. The summed E-state index contributed by atoms with van der Waals surface area (Å²) in [4.78, 5) is 25.5. The largest absolute Gasteiger partial charge is 0.444 e. The summed E-state index contributed by atoms with van der Waals surface area (Å²) < 4.78 is 5.03. The summed E-state index contributed by atoms with van der Waals surface area (Å²) in [5.41, 5.74) is 6.73. The molecule has 6 heteroatoms. The van der Waals surface area contributed by atoms with Gasteiger partial charge in [-0.3, -0.25) is 4.79 Å². The third-order valence-electron chi connectivity index (χ3n) is 2.14. The van der Waals surface area contributed by atoms with Gasteiger partial charge in [0.25, 0.3) is 5.78 Å². The van der Waals surface area contributed by atoms with Crippen LogP contribution in [0.2, 0.25) is 0 Å². The summed E-state index contributed by atoms with van der Waals surface area (Å²) in [6, 6.07) is 0. The van der Waals surface area contributed by atoms with Gasteiger partial charge in [-0.15, -0.1) is 0 Å². The van der Waals surface area contributed by atoms with Crippen molar-refractivity contribution >= 4 is 18.1 Å². The van der Waals surface area contributed by atoms with Crippen LogP contribution in [-0.4, -0.2) is 34.0 Å². The summed E-state index contributed by atoms with van der Waals surface area (Å²) in [5, 5.41) is 2.50. The maximum Gasteiger partial charge on any atom is 0.408 e. The van der Waals surface area contributed by atoms with Gasteiger partial charge < -0.3 is 15.6 Å². The van der Waals surface area contributed by atoms with E-state index >= 15 is 0 Å². The number of ketones is 1. The molecule has 0 atom stereocenters. The maximum absolute atomic E-state index is 11.4. The minimum atomic E-state index is -0.922. The van der Waals surface area contributed by atoms with Gasteiger partial charge in [0.2, 0.25) is 0 Å². The lowest BCUT2D eigenvalue weighted by molar-refractivity contribution is -0.118. The van der Waals surface area contributed by atoms with Gasteiger partial charge in [-0.2, -0.15) is 4.79 Å². The first-order valence-electron chi connectivity index (χ1n) is 5.02.